The molecule has 4 heterocycles. The van der Waals surface area contributed by atoms with E-state index in [-0.39, 0.29) is 5.02 Å². The Bertz CT molecular complexity index is 694. The van der Waals surface area contributed by atoms with E-state index in [1.54, 1.807) is 12.1 Å². The van der Waals surface area contributed by atoms with Crippen LogP contribution >= 0.6 is 11.6 Å². The van der Waals surface area contributed by atoms with E-state index in [1.165, 1.54) is 32.0 Å². The number of furan rings is 1. The predicted molar refractivity (Wildman–Crippen MR) is 88.9 cm³/mol. The lowest BCUT2D eigenvalue weighted by molar-refractivity contribution is 0.0711. The number of hydrogen-bond donors (Lipinski definition) is 1. The Balaban J connectivity index is 1.41. The van der Waals surface area contributed by atoms with E-state index in [0.717, 1.165) is 36.1 Å². The summed E-state index contributed by atoms with van der Waals surface area (Å²) in [4.78, 5) is 2.53. The molecule has 1 aromatic carbocycles. The quantitative estimate of drug-likeness (QED) is 0.918. The molecule has 23 heavy (non-hydrogen) atoms. The Labute approximate surface area is 140 Å². The van der Waals surface area contributed by atoms with Crippen molar-refractivity contribution in [1.82, 2.24) is 10.2 Å². The van der Waals surface area contributed by atoms with Crippen LogP contribution in [0.4, 0.5) is 4.39 Å². The fourth-order valence-electron chi connectivity index (χ4n) is 3.71. The van der Waals surface area contributed by atoms with Gasteiger partial charge in [-0.2, -0.15) is 0 Å². The standard InChI is InChI=1S/C18H20ClFN2O/c19-15-9-13(1-3-16(15)20)18-4-2-14(23-18)10-21-17-11-22-7-5-12(17)6-8-22/h1-4,9,12,17,21H,5-8,10-11H2/t17-/m1/s1. The molecule has 3 saturated heterocycles. The van der Waals surface area contributed by atoms with Crippen LogP contribution in [0.25, 0.3) is 11.3 Å². The summed E-state index contributed by atoms with van der Waals surface area (Å²) in [5, 5.41) is 3.75. The van der Waals surface area contributed by atoms with Gasteiger partial charge < -0.3 is 14.6 Å². The minimum atomic E-state index is -0.411. The van der Waals surface area contributed by atoms with Crippen molar-refractivity contribution in [2.75, 3.05) is 19.6 Å². The number of benzene rings is 1. The summed E-state index contributed by atoms with van der Waals surface area (Å²) in [6.45, 7) is 4.37. The first kappa shape index (κ1) is 15.2. The number of nitrogens with zero attached hydrogens (tertiary/aromatic N) is 1. The summed E-state index contributed by atoms with van der Waals surface area (Å²) < 4.78 is 19.1. The number of rotatable bonds is 4. The highest BCUT2D eigenvalue weighted by Crippen LogP contribution is 2.29. The lowest BCUT2D eigenvalue weighted by Crippen LogP contribution is -2.55. The Morgan fingerprint density at radius 2 is 2.04 bits per heavy atom. The number of nitrogens with one attached hydrogen (secondary N) is 1. The first-order valence-electron chi connectivity index (χ1n) is 8.19. The molecule has 3 aliphatic heterocycles. The average molecular weight is 335 g/mol. The second-order valence-electron chi connectivity index (χ2n) is 6.52. The third-order valence-electron chi connectivity index (χ3n) is 5.06. The molecular formula is C18H20ClFN2O. The van der Waals surface area contributed by atoms with Crippen LogP contribution in [0.15, 0.2) is 34.7 Å². The summed E-state index contributed by atoms with van der Waals surface area (Å²) in [7, 11) is 0. The maximum Gasteiger partial charge on any atom is 0.141 e. The molecule has 0 amide bonds. The molecule has 0 aliphatic carbocycles. The molecule has 2 aromatic rings. The molecule has 2 bridgehead atoms. The third kappa shape index (κ3) is 3.16. The first-order chi connectivity index (χ1) is 11.2. The maximum atomic E-state index is 13.2. The molecule has 1 aromatic heterocycles. The third-order valence-corrected chi connectivity index (χ3v) is 5.35. The van der Waals surface area contributed by atoms with Crippen molar-refractivity contribution in [1.29, 1.82) is 0 Å². The van der Waals surface area contributed by atoms with Gasteiger partial charge >= 0.3 is 0 Å². The molecule has 0 spiro atoms. The van der Waals surface area contributed by atoms with Crippen LogP contribution in [0.5, 0.6) is 0 Å². The lowest BCUT2D eigenvalue weighted by Gasteiger charge is -2.45. The van der Waals surface area contributed by atoms with Gasteiger partial charge in [0.2, 0.25) is 0 Å². The second kappa shape index (κ2) is 6.27. The maximum absolute atomic E-state index is 13.2. The van der Waals surface area contributed by atoms with Crippen LogP contribution < -0.4 is 5.32 Å². The molecule has 3 aliphatic rings. The SMILES string of the molecule is Fc1ccc(-c2ccc(CN[C@@H]3CN4CCC3CC4)o2)cc1Cl. The summed E-state index contributed by atoms with van der Waals surface area (Å²) in [6.07, 6.45) is 2.60. The molecule has 0 unspecified atom stereocenters. The zero-order valence-electron chi connectivity index (χ0n) is 12.9. The number of piperidine rings is 3. The molecule has 0 saturated carbocycles. The molecule has 0 radical (unpaired) electrons. The van der Waals surface area contributed by atoms with Crippen molar-refractivity contribution in [2.24, 2.45) is 5.92 Å². The van der Waals surface area contributed by atoms with Gasteiger partial charge in [-0.15, -0.1) is 0 Å². The molecule has 1 N–H and O–H groups in total. The van der Waals surface area contributed by atoms with Crippen molar-refractivity contribution in [3.8, 4) is 11.3 Å². The Morgan fingerprint density at radius 3 is 2.74 bits per heavy atom. The van der Waals surface area contributed by atoms with Gasteiger partial charge in [0.05, 0.1) is 11.6 Å². The van der Waals surface area contributed by atoms with Crippen LogP contribution in [0.1, 0.15) is 18.6 Å². The molecule has 122 valence electrons. The Morgan fingerprint density at radius 1 is 1.22 bits per heavy atom. The van der Waals surface area contributed by atoms with E-state index in [0.29, 0.717) is 6.04 Å². The van der Waals surface area contributed by atoms with Gasteiger partial charge in [0, 0.05) is 18.2 Å². The summed E-state index contributed by atoms with van der Waals surface area (Å²) in [6, 6.07) is 9.10. The topological polar surface area (TPSA) is 28.4 Å². The minimum absolute atomic E-state index is 0.117. The van der Waals surface area contributed by atoms with Crippen molar-refractivity contribution in [2.45, 2.75) is 25.4 Å². The minimum Gasteiger partial charge on any atom is -0.460 e. The number of hydrogen-bond acceptors (Lipinski definition) is 3. The monoisotopic (exact) mass is 334 g/mol. The molecule has 1 atom stereocenters. The predicted octanol–water partition coefficient (Wildman–Crippen LogP) is 3.92. The Kier molecular flexibility index (Phi) is 4.14. The highest BCUT2D eigenvalue weighted by molar-refractivity contribution is 6.31. The van der Waals surface area contributed by atoms with Crippen molar-refractivity contribution < 1.29 is 8.81 Å². The second-order valence-corrected chi connectivity index (χ2v) is 6.93. The highest BCUT2D eigenvalue weighted by atomic mass is 35.5. The zero-order valence-corrected chi connectivity index (χ0v) is 13.7. The van der Waals surface area contributed by atoms with Gasteiger partial charge in [0.25, 0.3) is 0 Å². The summed E-state index contributed by atoms with van der Waals surface area (Å²) >= 11 is 5.84. The van der Waals surface area contributed by atoms with Gasteiger partial charge in [-0.05, 0) is 62.2 Å². The number of fused-ring (bicyclic) bond motifs is 3. The van der Waals surface area contributed by atoms with Crippen molar-refractivity contribution in [3.05, 3.63) is 46.9 Å². The van der Waals surface area contributed by atoms with Crippen LogP contribution in [0.2, 0.25) is 5.02 Å². The number of halogens is 2. The molecule has 3 nitrogen and oxygen atoms in total. The summed E-state index contributed by atoms with van der Waals surface area (Å²) in [5.74, 6) is 2.01. The Hall–Kier alpha value is -1.36. The smallest absolute Gasteiger partial charge is 0.141 e. The van der Waals surface area contributed by atoms with Gasteiger partial charge in [0.15, 0.2) is 0 Å². The highest BCUT2D eigenvalue weighted by Gasteiger charge is 2.33. The van der Waals surface area contributed by atoms with Crippen LogP contribution in [-0.2, 0) is 6.54 Å². The molecule has 3 fully saturated rings. The normalized spacial score (nSPS) is 26.6. The lowest BCUT2D eigenvalue weighted by atomic mass is 9.84. The van der Waals surface area contributed by atoms with E-state index >= 15 is 0 Å². The zero-order chi connectivity index (χ0) is 15.8. The van der Waals surface area contributed by atoms with Gasteiger partial charge in [-0.25, -0.2) is 4.39 Å². The van der Waals surface area contributed by atoms with E-state index in [4.69, 9.17) is 16.0 Å². The van der Waals surface area contributed by atoms with Crippen molar-refractivity contribution >= 4 is 11.6 Å². The van der Waals surface area contributed by atoms with E-state index in [2.05, 4.69) is 10.2 Å². The van der Waals surface area contributed by atoms with Gasteiger partial charge in [-0.1, -0.05) is 11.6 Å². The largest absolute Gasteiger partial charge is 0.460 e. The van der Waals surface area contributed by atoms with Crippen LogP contribution in [0.3, 0.4) is 0 Å². The molecule has 5 heteroatoms. The molecular weight excluding hydrogens is 315 g/mol. The molecule has 5 rings (SSSR count). The first-order valence-corrected chi connectivity index (χ1v) is 8.57. The van der Waals surface area contributed by atoms with Crippen LogP contribution in [0, 0.1) is 11.7 Å². The van der Waals surface area contributed by atoms with E-state index in [9.17, 15) is 4.39 Å². The van der Waals surface area contributed by atoms with E-state index in [1.807, 2.05) is 12.1 Å². The fraction of sp³-hybridized carbons (Fsp3) is 0.444. The van der Waals surface area contributed by atoms with E-state index < -0.39 is 5.82 Å². The van der Waals surface area contributed by atoms with Gasteiger partial charge in [-0.3, -0.25) is 0 Å². The van der Waals surface area contributed by atoms with Crippen molar-refractivity contribution in [3.63, 3.8) is 0 Å². The van der Waals surface area contributed by atoms with Crippen LogP contribution in [-0.4, -0.2) is 30.6 Å². The fourth-order valence-corrected chi connectivity index (χ4v) is 3.89. The van der Waals surface area contributed by atoms with Gasteiger partial charge in [0.1, 0.15) is 17.3 Å². The summed E-state index contributed by atoms with van der Waals surface area (Å²) in [5.41, 5.74) is 0.797. The average Bonchev–Trinajstić information content (AvgIpc) is 3.05.